The van der Waals surface area contributed by atoms with E-state index in [1.165, 1.54) is 28.0 Å². The number of aliphatic hydroxyl groups excluding tert-OH is 1. The van der Waals surface area contributed by atoms with Crippen molar-refractivity contribution >= 4 is 74.5 Å². The number of rotatable bonds is 6. The third-order valence-corrected chi connectivity index (χ3v) is 9.53. The summed E-state index contributed by atoms with van der Waals surface area (Å²) in [5.41, 5.74) is 3.92. The van der Waals surface area contributed by atoms with Crippen molar-refractivity contribution in [3.05, 3.63) is 111 Å². The fraction of sp³-hybridized carbons (Fsp3) is 0.138. The highest BCUT2D eigenvalue weighted by atomic mass is 35.5. The summed E-state index contributed by atoms with van der Waals surface area (Å²) in [6.45, 7) is 3.73. The van der Waals surface area contributed by atoms with Crippen LogP contribution in [0.2, 0.25) is 10.0 Å². The summed E-state index contributed by atoms with van der Waals surface area (Å²) in [7, 11) is 0. The molecule has 41 heavy (non-hydrogen) atoms. The van der Waals surface area contributed by atoms with Crippen molar-refractivity contribution in [3.8, 4) is 0 Å². The summed E-state index contributed by atoms with van der Waals surface area (Å²) < 4.78 is 2.44. The van der Waals surface area contributed by atoms with Crippen LogP contribution in [0, 0.1) is 13.8 Å². The Morgan fingerprint density at radius 1 is 1.05 bits per heavy atom. The van der Waals surface area contributed by atoms with Crippen LogP contribution in [0.15, 0.2) is 76.8 Å². The molecule has 0 bridgehead atoms. The van der Waals surface area contributed by atoms with E-state index in [9.17, 15) is 14.7 Å². The summed E-state index contributed by atoms with van der Waals surface area (Å²) >= 11 is 14.9. The molecule has 1 amide bonds. The molecule has 0 aliphatic carbocycles. The Bertz CT molecular complexity index is 1870. The fourth-order valence-electron chi connectivity index (χ4n) is 4.79. The minimum Gasteiger partial charge on any atom is -0.505 e. The van der Waals surface area contributed by atoms with Crippen molar-refractivity contribution in [2.24, 2.45) is 0 Å². The van der Waals surface area contributed by atoms with E-state index in [-0.39, 0.29) is 22.2 Å². The minimum atomic E-state index is -0.919. The van der Waals surface area contributed by atoms with Gasteiger partial charge in [-0.3, -0.25) is 14.5 Å². The van der Waals surface area contributed by atoms with Gasteiger partial charge in [-0.05, 0) is 48.7 Å². The molecule has 8 nitrogen and oxygen atoms in total. The van der Waals surface area contributed by atoms with Crippen molar-refractivity contribution in [2.45, 2.75) is 30.0 Å². The molecule has 1 fully saturated rings. The summed E-state index contributed by atoms with van der Waals surface area (Å²) in [6.07, 6.45) is 1.84. The Morgan fingerprint density at radius 2 is 1.83 bits per heavy atom. The summed E-state index contributed by atoms with van der Waals surface area (Å²) in [5.74, 6) is -1.44. The SMILES string of the molecule is Cc1cccn2c(C)c(/C(O)=C3\C(=O)C(=O)N(c4nnc(SCc5ccc(Cl)cc5Cl)s4)C3c3ccccc3)nc12. The Hall–Kier alpha value is -3.70. The molecule has 0 radical (unpaired) electrons. The van der Waals surface area contributed by atoms with E-state index in [1.54, 1.807) is 24.3 Å². The molecule has 1 atom stereocenters. The molecule has 206 valence electrons. The third kappa shape index (κ3) is 4.91. The van der Waals surface area contributed by atoms with Gasteiger partial charge in [0, 0.05) is 22.0 Å². The molecule has 4 heterocycles. The van der Waals surface area contributed by atoms with Crippen molar-refractivity contribution < 1.29 is 14.7 Å². The average Bonchev–Trinajstić information content (AvgIpc) is 3.64. The van der Waals surface area contributed by atoms with Gasteiger partial charge in [-0.25, -0.2) is 4.98 Å². The number of hydrogen-bond acceptors (Lipinski definition) is 8. The lowest BCUT2D eigenvalue weighted by atomic mass is 9.96. The quantitative estimate of drug-likeness (QED) is 0.0714. The Balaban J connectivity index is 1.41. The van der Waals surface area contributed by atoms with Crippen molar-refractivity contribution in [3.63, 3.8) is 0 Å². The van der Waals surface area contributed by atoms with Crippen LogP contribution in [0.25, 0.3) is 11.4 Å². The molecular formula is C29H21Cl2N5O3S2. The first-order valence-corrected chi connectivity index (χ1v) is 15.0. The molecule has 0 saturated carbocycles. The Morgan fingerprint density at radius 3 is 2.56 bits per heavy atom. The second kappa shape index (κ2) is 10.9. The van der Waals surface area contributed by atoms with Gasteiger partial charge in [0.2, 0.25) is 5.13 Å². The molecule has 12 heteroatoms. The number of anilines is 1. The Kier molecular flexibility index (Phi) is 7.33. The number of imidazole rings is 1. The largest absolute Gasteiger partial charge is 0.505 e. The molecule has 1 aliphatic rings. The molecule has 5 aromatic rings. The molecule has 1 N–H and O–H groups in total. The standard InChI is InChI=1S/C29H21Cl2N5O3S2/c1-15-7-6-12-35-16(2)22(32-26(15)35)24(37)21-23(17-8-4-3-5-9-17)36(27(39)25(21)38)28-33-34-29(41-28)40-14-18-10-11-19(30)13-20(18)31/h3-13,23,37H,14H2,1-2H3/b24-21+. The first-order valence-electron chi connectivity index (χ1n) is 12.5. The summed E-state index contributed by atoms with van der Waals surface area (Å²) in [4.78, 5) is 33.0. The number of halogens is 2. The number of Topliss-reactive ketones (excluding diaryl/α,β-unsaturated/α-hetero) is 1. The van der Waals surface area contributed by atoms with Crippen LogP contribution in [0.4, 0.5) is 5.13 Å². The van der Waals surface area contributed by atoms with Crippen LogP contribution in [0.3, 0.4) is 0 Å². The highest BCUT2D eigenvalue weighted by Gasteiger charge is 2.48. The van der Waals surface area contributed by atoms with E-state index in [4.69, 9.17) is 23.2 Å². The lowest BCUT2D eigenvalue weighted by Gasteiger charge is -2.22. The molecule has 6 rings (SSSR count). The summed E-state index contributed by atoms with van der Waals surface area (Å²) in [5, 5.41) is 21.4. The van der Waals surface area contributed by atoms with Gasteiger partial charge < -0.3 is 9.51 Å². The van der Waals surface area contributed by atoms with E-state index in [0.717, 1.165) is 11.1 Å². The molecular weight excluding hydrogens is 601 g/mol. The minimum absolute atomic E-state index is 0.0530. The van der Waals surface area contributed by atoms with Gasteiger partial charge in [0.05, 0.1) is 17.3 Å². The van der Waals surface area contributed by atoms with E-state index >= 15 is 0 Å². The number of amides is 1. The van der Waals surface area contributed by atoms with Gasteiger partial charge in [-0.1, -0.05) is 88.8 Å². The normalized spacial score (nSPS) is 16.7. The van der Waals surface area contributed by atoms with Crippen LogP contribution in [0.1, 0.15) is 34.1 Å². The maximum Gasteiger partial charge on any atom is 0.301 e. The monoisotopic (exact) mass is 621 g/mol. The van der Waals surface area contributed by atoms with Crippen LogP contribution in [-0.2, 0) is 15.3 Å². The van der Waals surface area contributed by atoms with Gasteiger partial charge >= 0.3 is 5.91 Å². The number of nitrogens with zero attached hydrogens (tertiary/aromatic N) is 5. The van der Waals surface area contributed by atoms with Gasteiger partial charge in [0.25, 0.3) is 5.78 Å². The zero-order chi connectivity index (χ0) is 28.8. The van der Waals surface area contributed by atoms with Crippen molar-refractivity contribution in [1.29, 1.82) is 0 Å². The molecule has 1 unspecified atom stereocenters. The van der Waals surface area contributed by atoms with Gasteiger partial charge in [-0.2, -0.15) is 0 Å². The summed E-state index contributed by atoms with van der Waals surface area (Å²) in [6, 6.07) is 17.2. The number of hydrogen-bond donors (Lipinski definition) is 1. The molecule has 1 aliphatic heterocycles. The number of carbonyl (C=O) groups is 2. The van der Waals surface area contributed by atoms with E-state index in [1.807, 2.05) is 60.8 Å². The molecule has 1 saturated heterocycles. The van der Waals surface area contributed by atoms with Crippen LogP contribution in [-0.4, -0.2) is 36.4 Å². The van der Waals surface area contributed by atoms with E-state index < -0.39 is 17.7 Å². The fourth-order valence-corrected chi connectivity index (χ4v) is 7.22. The first kappa shape index (κ1) is 27.5. The smallest absolute Gasteiger partial charge is 0.301 e. The third-order valence-electron chi connectivity index (χ3n) is 6.84. The Labute approximate surface area is 253 Å². The first-order chi connectivity index (χ1) is 19.7. The number of aromatic nitrogens is 4. The van der Waals surface area contributed by atoms with Gasteiger partial charge in [0.15, 0.2) is 10.1 Å². The van der Waals surface area contributed by atoms with E-state index in [0.29, 0.717) is 37.0 Å². The van der Waals surface area contributed by atoms with E-state index in [2.05, 4.69) is 15.2 Å². The van der Waals surface area contributed by atoms with Crippen LogP contribution in [0.5, 0.6) is 0 Å². The average molecular weight is 623 g/mol. The number of pyridine rings is 1. The maximum atomic E-state index is 13.5. The molecule has 2 aromatic carbocycles. The molecule has 3 aromatic heterocycles. The van der Waals surface area contributed by atoms with Crippen molar-refractivity contribution in [1.82, 2.24) is 19.6 Å². The second-order valence-electron chi connectivity index (χ2n) is 9.39. The van der Waals surface area contributed by atoms with Crippen LogP contribution < -0.4 is 4.90 Å². The number of benzene rings is 2. The number of ketones is 1. The highest BCUT2D eigenvalue weighted by Crippen LogP contribution is 2.44. The zero-order valence-corrected chi connectivity index (χ0v) is 24.9. The number of thioether (sulfide) groups is 1. The number of aryl methyl sites for hydroxylation is 2. The number of fused-ring (bicyclic) bond motifs is 1. The van der Waals surface area contributed by atoms with Gasteiger partial charge in [0.1, 0.15) is 11.3 Å². The lowest BCUT2D eigenvalue weighted by molar-refractivity contribution is -0.132. The highest BCUT2D eigenvalue weighted by molar-refractivity contribution is 8.00. The van der Waals surface area contributed by atoms with Gasteiger partial charge in [-0.15, -0.1) is 10.2 Å². The second-order valence-corrected chi connectivity index (χ2v) is 12.4. The van der Waals surface area contributed by atoms with Crippen molar-refractivity contribution in [2.75, 3.05) is 4.90 Å². The predicted octanol–water partition coefficient (Wildman–Crippen LogP) is 7.03. The van der Waals surface area contributed by atoms with Crippen LogP contribution >= 0.6 is 46.3 Å². The predicted molar refractivity (Wildman–Crippen MR) is 162 cm³/mol. The number of carbonyl (C=O) groups excluding carboxylic acids is 2. The topological polar surface area (TPSA) is 101 Å². The number of aliphatic hydroxyl groups is 1. The maximum absolute atomic E-state index is 13.5. The molecule has 0 spiro atoms. The lowest BCUT2D eigenvalue weighted by Crippen LogP contribution is -2.29. The zero-order valence-electron chi connectivity index (χ0n) is 21.7.